The maximum absolute atomic E-state index is 12.4. The Kier molecular flexibility index (Phi) is 5.19. The predicted molar refractivity (Wildman–Crippen MR) is 84.7 cm³/mol. The lowest BCUT2D eigenvalue weighted by atomic mass is 9.88. The molecule has 1 aromatic rings. The van der Waals surface area contributed by atoms with Crippen molar-refractivity contribution in [3.8, 4) is 0 Å². The predicted octanol–water partition coefficient (Wildman–Crippen LogP) is 2.56. The molecule has 0 spiro atoms. The van der Waals surface area contributed by atoms with Crippen LogP contribution in [0.25, 0.3) is 0 Å². The molecule has 0 radical (unpaired) electrons. The Morgan fingerprint density at radius 3 is 2.68 bits per heavy atom. The molecule has 120 valence electrons. The first kappa shape index (κ1) is 16.5. The van der Waals surface area contributed by atoms with Gasteiger partial charge in [0.25, 0.3) is 5.91 Å². The molecule has 2 rings (SSSR count). The average Bonchev–Trinajstić information content (AvgIpc) is 2.91. The van der Waals surface area contributed by atoms with Crippen LogP contribution in [0.4, 0.5) is 0 Å². The van der Waals surface area contributed by atoms with Crippen LogP contribution in [-0.4, -0.2) is 27.8 Å². The summed E-state index contributed by atoms with van der Waals surface area (Å²) in [6, 6.07) is -0.458. The van der Waals surface area contributed by atoms with Gasteiger partial charge in [0.05, 0.1) is 17.3 Å². The Balaban J connectivity index is 2.12. The fourth-order valence-corrected chi connectivity index (χ4v) is 2.90. The van der Waals surface area contributed by atoms with E-state index in [0.29, 0.717) is 12.8 Å². The quantitative estimate of drug-likeness (QED) is 0.759. The summed E-state index contributed by atoms with van der Waals surface area (Å²) in [7, 11) is 0. The highest BCUT2D eigenvalue weighted by Gasteiger charge is 2.34. The van der Waals surface area contributed by atoms with Crippen LogP contribution in [0.5, 0.6) is 0 Å². The topological polar surface area (TPSA) is 75.4 Å². The van der Waals surface area contributed by atoms with Crippen molar-refractivity contribution in [1.82, 2.24) is 10.5 Å². The first-order valence-corrected chi connectivity index (χ1v) is 7.74. The molecule has 0 bridgehead atoms. The van der Waals surface area contributed by atoms with Crippen molar-refractivity contribution in [3.05, 3.63) is 42.3 Å². The normalized spacial score (nSPS) is 15.7. The molecule has 1 aromatic heterocycles. The van der Waals surface area contributed by atoms with Gasteiger partial charge in [0, 0.05) is 5.56 Å². The van der Waals surface area contributed by atoms with E-state index in [1.165, 1.54) is 0 Å². The monoisotopic (exact) mass is 304 g/mol. The van der Waals surface area contributed by atoms with E-state index < -0.39 is 11.6 Å². The number of aromatic nitrogens is 1. The number of hydrogen-bond donors (Lipinski definition) is 2. The van der Waals surface area contributed by atoms with Gasteiger partial charge in [-0.2, -0.15) is 0 Å². The number of fused-ring (bicyclic) bond motifs is 1. The van der Waals surface area contributed by atoms with Crippen molar-refractivity contribution >= 4 is 5.91 Å². The fourth-order valence-electron chi connectivity index (χ4n) is 2.90. The Labute approximate surface area is 131 Å². The Morgan fingerprint density at radius 2 is 2.05 bits per heavy atom. The van der Waals surface area contributed by atoms with E-state index in [4.69, 9.17) is 4.52 Å². The van der Waals surface area contributed by atoms with Gasteiger partial charge in [-0.25, -0.2) is 0 Å². The van der Waals surface area contributed by atoms with Gasteiger partial charge >= 0.3 is 0 Å². The first-order valence-electron chi connectivity index (χ1n) is 7.74. The second kappa shape index (κ2) is 6.92. The lowest BCUT2D eigenvalue weighted by Crippen LogP contribution is -2.50. The highest BCUT2D eigenvalue weighted by atomic mass is 16.5. The van der Waals surface area contributed by atoms with Crippen LogP contribution in [-0.2, 0) is 12.8 Å². The summed E-state index contributed by atoms with van der Waals surface area (Å²) < 4.78 is 5.23. The van der Waals surface area contributed by atoms with Crippen LogP contribution in [0.1, 0.15) is 54.4 Å². The lowest BCUT2D eigenvalue weighted by Gasteiger charge is -2.32. The fraction of sp³-hybridized carbons (Fsp3) is 0.529. The highest BCUT2D eigenvalue weighted by Crippen LogP contribution is 2.25. The molecule has 0 aliphatic heterocycles. The van der Waals surface area contributed by atoms with E-state index >= 15 is 0 Å². The van der Waals surface area contributed by atoms with Crippen LogP contribution in [0.2, 0.25) is 0 Å². The van der Waals surface area contributed by atoms with E-state index in [1.54, 1.807) is 19.1 Å². The maximum Gasteiger partial charge on any atom is 0.290 e. The molecule has 0 saturated carbocycles. The minimum atomic E-state index is -1.10. The summed E-state index contributed by atoms with van der Waals surface area (Å²) in [5.41, 5.74) is 0.697. The largest absolute Gasteiger partial charge is 0.387 e. The van der Waals surface area contributed by atoms with Gasteiger partial charge in [-0.05, 0) is 45.4 Å². The third kappa shape index (κ3) is 3.30. The molecule has 2 N–H and O–H groups in total. The highest BCUT2D eigenvalue weighted by molar-refractivity contribution is 5.93. The SMILES string of the molecule is C=CCC(O)(CC=C)[C@@H](C)NC(=O)c1onc2c1CCCC2. The van der Waals surface area contributed by atoms with E-state index in [1.807, 2.05) is 0 Å². The number of nitrogens with one attached hydrogen (secondary N) is 1. The van der Waals surface area contributed by atoms with Crippen molar-refractivity contribution in [2.24, 2.45) is 0 Å². The van der Waals surface area contributed by atoms with Gasteiger partial charge in [-0.3, -0.25) is 4.79 Å². The summed E-state index contributed by atoms with van der Waals surface area (Å²) >= 11 is 0. The van der Waals surface area contributed by atoms with E-state index in [-0.39, 0.29) is 11.7 Å². The number of aliphatic hydroxyl groups is 1. The van der Waals surface area contributed by atoms with Gasteiger partial charge in [0.15, 0.2) is 0 Å². The Hall–Kier alpha value is -1.88. The molecule has 0 unspecified atom stereocenters. The third-order valence-corrected chi connectivity index (χ3v) is 4.32. The van der Waals surface area contributed by atoms with E-state index in [9.17, 15) is 9.90 Å². The number of carbonyl (C=O) groups excluding carboxylic acids is 1. The minimum absolute atomic E-state index is 0.279. The third-order valence-electron chi connectivity index (χ3n) is 4.32. The number of carbonyl (C=O) groups is 1. The number of nitrogens with zero attached hydrogens (tertiary/aromatic N) is 1. The standard InChI is InChI=1S/C17H24N2O3/c1-4-10-17(21,11-5-2)12(3)18-16(20)15-13-8-6-7-9-14(13)19-22-15/h4-5,12,21H,1-2,6-11H2,3H3,(H,18,20)/t12-/m1/s1. The van der Waals surface area contributed by atoms with Crippen molar-refractivity contribution in [1.29, 1.82) is 0 Å². The van der Waals surface area contributed by atoms with Crippen LogP contribution < -0.4 is 5.32 Å². The van der Waals surface area contributed by atoms with Crippen LogP contribution in [0.15, 0.2) is 29.8 Å². The molecule has 1 amide bonds. The molecule has 5 heteroatoms. The van der Waals surface area contributed by atoms with E-state index in [2.05, 4.69) is 23.6 Å². The first-order chi connectivity index (χ1) is 10.5. The van der Waals surface area contributed by atoms with Crippen LogP contribution in [0.3, 0.4) is 0 Å². The van der Waals surface area contributed by atoms with Crippen molar-refractivity contribution in [2.45, 2.75) is 57.1 Å². The summed E-state index contributed by atoms with van der Waals surface area (Å²) in [5, 5.41) is 17.5. The van der Waals surface area contributed by atoms with Gasteiger partial charge in [-0.15, -0.1) is 13.2 Å². The van der Waals surface area contributed by atoms with Crippen molar-refractivity contribution in [2.75, 3.05) is 0 Å². The number of hydrogen-bond acceptors (Lipinski definition) is 4. The van der Waals surface area contributed by atoms with Gasteiger partial charge in [0.1, 0.15) is 0 Å². The molecular weight excluding hydrogens is 280 g/mol. The second-order valence-corrected chi connectivity index (χ2v) is 5.93. The molecule has 0 fully saturated rings. The van der Waals surface area contributed by atoms with E-state index in [0.717, 1.165) is 36.9 Å². The van der Waals surface area contributed by atoms with Gasteiger partial charge in [-0.1, -0.05) is 17.3 Å². The molecule has 0 saturated heterocycles. The Bertz CT molecular complexity index is 552. The molecule has 5 nitrogen and oxygen atoms in total. The Morgan fingerprint density at radius 1 is 1.41 bits per heavy atom. The molecule has 1 aliphatic rings. The smallest absolute Gasteiger partial charge is 0.290 e. The molecule has 1 aliphatic carbocycles. The zero-order valence-electron chi connectivity index (χ0n) is 13.1. The summed E-state index contributed by atoms with van der Waals surface area (Å²) in [5.74, 6) is -0.0456. The molecular formula is C17H24N2O3. The number of aryl methyl sites for hydroxylation is 1. The number of amides is 1. The summed E-state index contributed by atoms with van der Waals surface area (Å²) in [6.07, 6.45) is 7.82. The minimum Gasteiger partial charge on any atom is -0.387 e. The second-order valence-electron chi connectivity index (χ2n) is 5.93. The van der Waals surface area contributed by atoms with Gasteiger partial charge in [0.2, 0.25) is 5.76 Å². The molecule has 0 aromatic carbocycles. The maximum atomic E-state index is 12.4. The van der Waals surface area contributed by atoms with Crippen LogP contribution in [0, 0.1) is 0 Å². The van der Waals surface area contributed by atoms with Gasteiger partial charge < -0.3 is 14.9 Å². The van der Waals surface area contributed by atoms with Crippen molar-refractivity contribution < 1.29 is 14.4 Å². The lowest BCUT2D eigenvalue weighted by molar-refractivity contribution is 0.0122. The molecule has 1 atom stereocenters. The molecule has 1 heterocycles. The summed E-state index contributed by atoms with van der Waals surface area (Å²) in [4.78, 5) is 12.4. The zero-order valence-corrected chi connectivity index (χ0v) is 13.1. The van der Waals surface area contributed by atoms with Crippen molar-refractivity contribution in [3.63, 3.8) is 0 Å². The van der Waals surface area contributed by atoms with Crippen LogP contribution >= 0.6 is 0 Å². The zero-order chi connectivity index (χ0) is 16.2. The molecule has 22 heavy (non-hydrogen) atoms. The average molecular weight is 304 g/mol. The summed E-state index contributed by atoms with van der Waals surface area (Å²) in [6.45, 7) is 9.09. The number of rotatable bonds is 7.